The maximum absolute atomic E-state index is 12.5. The van der Waals surface area contributed by atoms with Crippen LogP contribution in [0.5, 0.6) is 6.01 Å². The predicted octanol–water partition coefficient (Wildman–Crippen LogP) is -0.864. The molecule has 0 saturated carbocycles. The van der Waals surface area contributed by atoms with Crippen LogP contribution in [0.4, 0.5) is 4.79 Å². The Labute approximate surface area is 156 Å². The van der Waals surface area contributed by atoms with Crippen LogP contribution in [0.1, 0.15) is 16.2 Å². The molecule has 0 spiro atoms. The number of nitrogens with zero attached hydrogens (tertiary/aromatic N) is 3. The van der Waals surface area contributed by atoms with E-state index < -0.39 is 36.4 Å². The second kappa shape index (κ2) is 8.24. The molecular formula is C14H15AsN4O6S. The first-order valence-electron chi connectivity index (χ1n) is 7.04. The predicted molar refractivity (Wildman–Crippen MR) is 91.4 cm³/mol. The Morgan fingerprint density at radius 2 is 1.81 bits per heavy atom. The number of nitrogens with one attached hydrogen (secondary N) is 1. The van der Waals surface area contributed by atoms with Crippen LogP contribution in [0.15, 0.2) is 29.2 Å². The molecule has 0 radical (unpaired) electrons. The molecule has 0 saturated heterocycles. The molecule has 2 rings (SSSR count). The number of ether oxygens (including phenoxy) is 2. The summed E-state index contributed by atoms with van der Waals surface area (Å²) in [5.74, 6) is -0.477. The van der Waals surface area contributed by atoms with Crippen LogP contribution in [-0.2, 0) is 14.8 Å². The quantitative estimate of drug-likeness (QED) is 0.447. The van der Waals surface area contributed by atoms with Crippen LogP contribution in [-0.4, -0.2) is 64.0 Å². The summed E-state index contributed by atoms with van der Waals surface area (Å²) in [6.45, 7) is 1.60. The fraction of sp³-hybridized carbons (Fsp3) is 0.214. The van der Waals surface area contributed by atoms with Gasteiger partial charge in [0, 0.05) is 0 Å². The van der Waals surface area contributed by atoms with Gasteiger partial charge in [-0.1, -0.05) is 0 Å². The summed E-state index contributed by atoms with van der Waals surface area (Å²) in [4.78, 5) is 35.4. The number of aromatic nitrogens is 3. The van der Waals surface area contributed by atoms with Gasteiger partial charge in [0.15, 0.2) is 0 Å². The summed E-state index contributed by atoms with van der Waals surface area (Å²) in [5.41, 5.74) is -0.173. The van der Waals surface area contributed by atoms with Gasteiger partial charge in [0.25, 0.3) is 0 Å². The molecule has 1 aromatic carbocycles. The summed E-state index contributed by atoms with van der Waals surface area (Å²) in [6, 6.07) is 5.46. The zero-order valence-corrected chi connectivity index (χ0v) is 16.9. The van der Waals surface area contributed by atoms with Crippen LogP contribution in [0.2, 0.25) is 0 Å². The first-order chi connectivity index (χ1) is 12.3. The molecule has 26 heavy (non-hydrogen) atoms. The Morgan fingerprint density at radius 1 is 1.12 bits per heavy atom. The average molecular weight is 442 g/mol. The summed E-state index contributed by atoms with van der Waals surface area (Å²) in [6.07, 6.45) is 0. The van der Waals surface area contributed by atoms with Crippen LogP contribution in [0.3, 0.4) is 0 Å². The number of methoxy groups -OCH3 is 2. The van der Waals surface area contributed by atoms with Gasteiger partial charge in [0.1, 0.15) is 0 Å². The van der Waals surface area contributed by atoms with Gasteiger partial charge in [-0.05, 0) is 0 Å². The molecule has 1 N–H and O–H groups in total. The zero-order valence-electron chi connectivity index (χ0n) is 14.0. The van der Waals surface area contributed by atoms with E-state index in [1.807, 2.05) is 4.72 Å². The van der Waals surface area contributed by atoms with Gasteiger partial charge < -0.3 is 0 Å². The van der Waals surface area contributed by atoms with Crippen molar-refractivity contribution in [1.29, 1.82) is 0 Å². The van der Waals surface area contributed by atoms with E-state index in [-0.39, 0.29) is 21.1 Å². The summed E-state index contributed by atoms with van der Waals surface area (Å²) in [7, 11) is -1.76. The number of benzene rings is 1. The third kappa shape index (κ3) is 4.76. The molecule has 0 aliphatic rings. The van der Waals surface area contributed by atoms with Crippen molar-refractivity contribution in [2.45, 2.75) is 11.8 Å². The molecule has 1 aromatic heterocycles. The molecule has 0 fully saturated rings. The van der Waals surface area contributed by atoms with E-state index in [9.17, 15) is 18.0 Å². The molecule has 12 heteroatoms. The van der Waals surface area contributed by atoms with Crippen molar-refractivity contribution in [3.63, 3.8) is 0 Å². The summed E-state index contributed by atoms with van der Waals surface area (Å²) >= 11 is -1.71. The van der Waals surface area contributed by atoms with Crippen LogP contribution < -0.4 is 14.1 Å². The van der Waals surface area contributed by atoms with E-state index in [0.29, 0.717) is 5.82 Å². The monoisotopic (exact) mass is 442 g/mol. The van der Waals surface area contributed by atoms with Crippen molar-refractivity contribution in [1.82, 2.24) is 19.7 Å². The SMILES string of the molecule is COC(=O)c1ccccc1S(=O)(=O)NC(=O)[AsH]c1nc(C)nc(OC)n1. The van der Waals surface area contributed by atoms with E-state index in [0.717, 1.165) is 7.11 Å². The fourth-order valence-corrected chi connectivity index (χ4v) is 5.36. The number of carbonyl (C=O) groups excluding carboxylic acids is 2. The van der Waals surface area contributed by atoms with Crippen molar-refractivity contribution in [2.24, 2.45) is 0 Å². The third-order valence-corrected chi connectivity index (χ3v) is 6.39. The molecule has 0 bridgehead atoms. The molecule has 1 atom stereocenters. The van der Waals surface area contributed by atoms with Gasteiger partial charge in [-0.25, -0.2) is 0 Å². The second-order valence-electron chi connectivity index (χ2n) is 4.74. The van der Waals surface area contributed by atoms with Gasteiger partial charge in [-0.15, -0.1) is 0 Å². The molecular weight excluding hydrogens is 427 g/mol. The maximum atomic E-state index is 12.5. The molecule has 10 nitrogen and oxygen atoms in total. The van der Waals surface area contributed by atoms with Crippen LogP contribution in [0, 0.1) is 6.92 Å². The Bertz CT molecular complexity index is 950. The normalized spacial score (nSPS) is 11.3. The number of esters is 1. The first-order valence-corrected chi connectivity index (χ1v) is 10.6. The van der Waals surface area contributed by atoms with Crippen molar-refractivity contribution in [3.05, 3.63) is 35.7 Å². The standard InChI is InChI=1S/C14H15AsN4O6S/c1-8-16-12(18-14(17-8)25-3)15-13(21)19-26(22,23)10-7-5-4-6-9(10)11(20)24-2/h4-7,15H,1-3H3,(H,19,21). The molecule has 1 amide bonds. The Hall–Kier alpha value is -2.52. The first kappa shape index (κ1) is 19.8. The zero-order chi connectivity index (χ0) is 19.3. The Morgan fingerprint density at radius 3 is 2.46 bits per heavy atom. The van der Waals surface area contributed by atoms with Crippen LogP contribution in [0.25, 0.3) is 0 Å². The second-order valence-corrected chi connectivity index (χ2v) is 8.81. The number of hydrogen-bond acceptors (Lipinski definition) is 9. The summed E-state index contributed by atoms with van der Waals surface area (Å²) < 4.78 is 35.7. The number of aryl methyl sites for hydroxylation is 1. The van der Waals surface area contributed by atoms with Gasteiger partial charge in [-0.3, -0.25) is 0 Å². The molecule has 1 unspecified atom stereocenters. The Kier molecular flexibility index (Phi) is 6.27. The number of amides is 1. The molecule has 2 aromatic rings. The number of rotatable bonds is 6. The van der Waals surface area contributed by atoms with Gasteiger partial charge >= 0.3 is 156 Å². The molecule has 1 heterocycles. The average Bonchev–Trinajstić information content (AvgIpc) is 2.59. The van der Waals surface area contributed by atoms with Crippen molar-refractivity contribution >= 4 is 41.1 Å². The van der Waals surface area contributed by atoms with Crippen molar-refractivity contribution in [2.75, 3.05) is 14.2 Å². The number of hydrogen-bond donors (Lipinski definition) is 1. The van der Waals surface area contributed by atoms with E-state index in [4.69, 9.17) is 4.74 Å². The molecule has 0 aliphatic carbocycles. The fourth-order valence-electron chi connectivity index (χ4n) is 1.89. The molecule has 0 aliphatic heterocycles. The van der Waals surface area contributed by atoms with E-state index in [2.05, 4.69) is 19.7 Å². The van der Waals surface area contributed by atoms with Gasteiger partial charge in [-0.2, -0.15) is 0 Å². The minimum atomic E-state index is -4.26. The van der Waals surface area contributed by atoms with Gasteiger partial charge in [0.05, 0.1) is 0 Å². The van der Waals surface area contributed by atoms with E-state index in [1.54, 1.807) is 6.92 Å². The Balaban J connectivity index is 2.24. The van der Waals surface area contributed by atoms with E-state index >= 15 is 0 Å². The van der Waals surface area contributed by atoms with Crippen molar-refractivity contribution in [3.8, 4) is 6.01 Å². The summed E-state index contributed by atoms with van der Waals surface area (Å²) in [5, 5.41) is 0. The third-order valence-electron chi connectivity index (χ3n) is 2.94. The number of carbonyl (C=O) groups is 2. The van der Waals surface area contributed by atoms with Gasteiger partial charge in [0.2, 0.25) is 0 Å². The molecule has 138 valence electrons. The minimum absolute atomic E-state index is 0.0444. The topological polar surface area (TPSA) is 137 Å². The van der Waals surface area contributed by atoms with Crippen LogP contribution >= 0.6 is 0 Å². The van der Waals surface area contributed by atoms with Crippen molar-refractivity contribution < 1.29 is 27.5 Å². The number of sulfonamides is 1. The van der Waals surface area contributed by atoms with E-state index in [1.165, 1.54) is 31.4 Å².